The van der Waals surface area contributed by atoms with Crippen LogP contribution in [0.4, 0.5) is 0 Å². The summed E-state index contributed by atoms with van der Waals surface area (Å²) in [5.41, 5.74) is 0. The first-order chi connectivity index (χ1) is 9.47. The Morgan fingerprint density at radius 3 is 2.55 bits per heavy atom. The summed E-state index contributed by atoms with van der Waals surface area (Å²) in [4.78, 5) is 4.47. The first kappa shape index (κ1) is 15.4. The van der Waals surface area contributed by atoms with Crippen LogP contribution in [0.3, 0.4) is 0 Å². The largest absolute Gasteiger partial charge is 0.339 e. The van der Waals surface area contributed by atoms with E-state index in [1.807, 2.05) is 0 Å². The Morgan fingerprint density at radius 2 is 2.00 bits per heavy atom. The van der Waals surface area contributed by atoms with Gasteiger partial charge in [0.05, 0.1) is 5.75 Å². The van der Waals surface area contributed by atoms with Gasteiger partial charge in [-0.3, -0.25) is 0 Å². The highest BCUT2D eigenvalue weighted by Crippen LogP contribution is 2.29. The van der Waals surface area contributed by atoms with Crippen molar-refractivity contribution in [2.24, 2.45) is 0 Å². The molecule has 0 bridgehead atoms. The van der Waals surface area contributed by atoms with E-state index < -0.39 is 10.0 Å². The van der Waals surface area contributed by atoms with E-state index in [0.717, 1.165) is 25.1 Å². The SMILES string of the molecule is CCC(C)c1noc(C2CCN(S(=O)(=O)CC)CC2)n1. The zero-order valence-corrected chi connectivity index (χ0v) is 13.2. The molecule has 0 saturated carbocycles. The van der Waals surface area contributed by atoms with Crippen molar-refractivity contribution in [2.75, 3.05) is 18.8 Å². The maximum absolute atomic E-state index is 11.8. The van der Waals surface area contributed by atoms with Gasteiger partial charge in [-0.15, -0.1) is 0 Å². The molecule has 1 saturated heterocycles. The first-order valence-corrected chi connectivity index (χ1v) is 8.90. The van der Waals surface area contributed by atoms with Crippen molar-refractivity contribution < 1.29 is 12.9 Å². The molecule has 2 rings (SSSR count). The molecular formula is C13H23N3O3S. The van der Waals surface area contributed by atoms with E-state index in [9.17, 15) is 8.42 Å². The summed E-state index contributed by atoms with van der Waals surface area (Å²) in [5, 5.41) is 4.03. The fraction of sp³-hybridized carbons (Fsp3) is 0.846. The van der Waals surface area contributed by atoms with Crippen LogP contribution in [-0.2, 0) is 10.0 Å². The molecule has 1 unspecified atom stereocenters. The van der Waals surface area contributed by atoms with Crippen LogP contribution in [0.1, 0.15) is 63.6 Å². The summed E-state index contributed by atoms with van der Waals surface area (Å²) < 4.78 is 30.5. The molecule has 1 aromatic rings. The van der Waals surface area contributed by atoms with Crippen LogP contribution >= 0.6 is 0 Å². The molecule has 6 nitrogen and oxygen atoms in total. The molecule has 7 heteroatoms. The molecule has 1 aliphatic rings. The minimum atomic E-state index is -3.07. The number of piperidine rings is 1. The van der Waals surface area contributed by atoms with Gasteiger partial charge in [0.2, 0.25) is 15.9 Å². The molecule has 0 amide bonds. The predicted octanol–water partition coefficient (Wildman–Crippen LogP) is 2.11. The van der Waals surface area contributed by atoms with Crippen LogP contribution < -0.4 is 0 Å². The van der Waals surface area contributed by atoms with Crippen LogP contribution in [-0.4, -0.2) is 41.7 Å². The molecular weight excluding hydrogens is 278 g/mol. The lowest BCUT2D eigenvalue weighted by Crippen LogP contribution is -2.38. The molecule has 1 aliphatic heterocycles. The second-order valence-corrected chi connectivity index (χ2v) is 7.63. The summed E-state index contributed by atoms with van der Waals surface area (Å²) in [6, 6.07) is 0. The minimum Gasteiger partial charge on any atom is -0.339 e. The van der Waals surface area contributed by atoms with Crippen molar-refractivity contribution in [3.05, 3.63) is 11.7 Å². The van der Waals surface area contributed by atoms with Crippen molar-refractivity contribution in [3.63, 3.8) is 0 Å². The van der Waals surface area contributed by atoms with Crippen molar-refractivity contribution in [2.45, 2.75) is 51.9 Å². The Bertz CT molecular complexity index is 533. The van der Waals surface area contributed by atoms with Crippen LogP contribution in [0.2, 0.25) is 0 Å². The highest BCUT2D eigenvalue weighted by atomic mass is 32.2. The van der Waals surface area contributed by atoms with Crippen molar-refractivity contribution in [3.8, 4) is 0 Å². The maximum Gasteiger partial charge on any atom is 0.229 e. The maximum atomic E-state index is 11.8. The third-order valence-electron chi connectivity index (χ3n) is 4.07. The van der Waals surface area contributed by atoms with Gasteiger partial charge in [-0.1, -0.05) is 19.0 Å². The first-order valence-electron chi connectivity index (χ1n) is 7.29. The number of sulfonamides is 1. The number of hydrogen-bond donors (Lipinski definition) is 0. The van der Waals surface area contributed by atoms with Gasteiger partial charge in [0, 0.05) is 24.9 Å². The molecule has 114 valence electrons. The number of aromatic nitrogens is 2. The molecule has 1 aromatic heterocycles. The summed E-state index contributed by atoms with van der Waals surface area (Å²) in [6.07, 6.45) is 2.48. The Labute approximate surface area is 120 Å². The van der Waals surface area contributed by atoms with E-state index in [0.29, 0.717) is 24.9 Å². The van der Waals surface area contributed by atoms with Crippen molar-refractivity contribution >= 4 is 10.0 Å². The van der Waals surface area contributed by atoms with Crippen LogP contribution in [0.5, 0.6) is 0 Å². The summed E-state index contributed by atoms with van der Waals surface area (Å²) in [5.74, 6) is 2.06. The van der Waals surface area contributed by atoms with Crippen molar-refractivity contribution in [1.82, 2.24) is 14.4 Å². The van der Waals surface area contributed by atoms with Gasteiger partial charge in [-0.05, 0) is 26.2 Å². The van der Waals surface area contributed by atoms with Crippen LogP contribution in [0.25, 0.3) is 0 Å². The predicted molar refractivity (Wildman–Crippen MR) is 76.0 cm³/mol. The monoisotopic (exact) mass is 301 g/mol. The van der Waals surface area contributed by atoms with Gasteiger partial charge in [0.1, 0.15) is 0 Å². The number of nitrogens with zero attached hydrogens (tertiary/aromatic N) is 3. The standard InChI is InChI=1S/C13H23N3O3S/c1-4-10(3)12-14-13(19-15-12)11-6-8-16(9-7-11)20(17,18)5-2/h10-11H,4-9H2,1-3H3. The summed E-state index contributed by atoms with van der Waals surface area (Å²) in [6.45, 7) is 6.93. The molecule has 1 atom stereocenters. The fourth-order valence-electron chi connectivity index (χ4n) is 2.36. The Balaban J connectivity index is 1.99. The Hall–Kier alpha value is -0.950. The van der Waals surface area contributed by atoms with E-state index in [1.54, 1.807) is 11.2 Å². The highest BCUT2D eigenvalue weighted by molar-refractivity contribution is 7.89. The number of rotatable bonds is 5. The van der Waals surface area contributed by atoms with Gasteiger partial charge in [0.25, 0.3) is 0 Å². The zero-order valence-electron chi connectivity index (χ0n) is 12.4. The topological polar surface area (TPSA) is 76.3 Å². The lowest BCUT2D eigenvalue weighted by atomic mass is 9.98. The van der Waals surface area contributed by atoms with Gasteiger partial charge in [0.15, 0.2) is 5.82 Å². The summed E-state index contributed by atoms with van der Waals surface area (Å²) in [7, 11) is -3.07. The molecule has 2 heterocycles. The van der Waals surface area contributed by atoms with Crippen LogP contribution in [0, 0.1) is 0 Å². The van der Waals surface area contributed by atoms with E-state index in [2.05, 4.69) is 24.0 Å². The lowest BCUT2D eigenvalue weighted by Gasteiger charge is -2.29. The minimum absolute atomic E-state index is 0.163. The van der Waals surface area contributed by atoms with E-state index in [4.69, 9.17) is 4.52 Å². The average molecular weight is 301 g/mol. The van der Waals surface area contributed by atoms with E-state index >= 15 is 0 Å². The molecule has 0 N–H and O–H groups in total. The normalized spacial score (nSPS) is 20.1. The third kappa shape index (κ3) is 3.20. The van der Waals surface area contributed by atoms with Gasteiger partial charge in [-0.2, -0.15) is 4.98 Å². The molecule has 20 heavy (non-hydrogen) atoms. The Morgan fingerprint density at radius 1 is 1.35 bits per heavy atom. The molecule has 0 spiro atoms. The fourth-order valence-corrected chi connectivity index (χ4v) is 3.49. The number of hydrogen-bond acceptors (Lipinski definition) is 5. The van der Waals surface area contributed by atoms with E-state index in [1.165, 1.54) is 0 Å². The molecule has 1 fully saturated rings. The second-order valence-electron chi connectivity index (χ2n) is 5.37. The average Bonchev–Trinajstić information content (AvgIpc) is 2.96. The van der Waals surface area contributed by atoms with Crippen LogP contribution in [0.15, 0.2) is 4.52 Å². The van der Waals surface area contributed by atoms with Gasteiger partial charge < -0.3 is 4.52 Å². The van der Waals surface area contributed by atoms with Crippen molar-refractivity contribution in [1.29, 1.82) is 0 Å². The van der Waals surface area contributed by atoms with Gasteiger partial charge >= 0.3 is 0 Å². The van der Waals surface area contributed by atoms with E-state index in [-0.39, 0.29) is 11.7 Å². The van der Waals surface area contributed by atoms with Gasteiger partial charge in [-0.25, -0.2) is 12.7 Å². The molecule has 0 radical (unpaired) electrons. The molecule has 0 aromatic carbocycles. The second kappa shape index (κ2) is 6.22. The lowest BCUT2D eigenvalue weighted by molar-refractivity contribution is 0.270. The summed E-state index contributed by atoms with van der Waals surface area (Å²) >= 11 is 0. The zero-order chi connectivity index (χ0) is 14.8. The quantitative estimate of drug-likeness (QED) is 0.832. The molecule has 0 aliphatic carbocycles. The third-order valence-corrected chi connectivity index (χ3v) is 5.95. The smallest absolute Gasteiger partial charge is 0.229 e. The Kier molecular flexibility index (Phi) is 4.80. The highest BCUT2D eigenvalue weighted by Gasteiger charge is 2.30.